The van der Waals surface area contributed by atoms with E-state index in [1.807, 2.05) is 0 Å². The highest BCUT2D eigenvalue weighted by Crippen LogP contribution is 2.18. The van der Waals surface area contributed by atoms with Gasteiger partial charge in [-0.25, -0.2) is 0 Å². The number of esters is 3. The van der Waals surface area contributed by atoms with Crippen LogP contribution in [-0.2, 0) is 28.6 Å². The van der Waals surface area contributed by atoms with Crippen LogP contribution in [0.15, 0.2) is 60.8 Å². The fraction of sp³-hybridized carbons (Fsp3) is 0.824. The number of hydrogen-bond acceptors (Lipinski definition) is 6. The van der Waals surface area contributed by atoms with Crippen molar-refractivity contribution in [3.63, 3.8) is 0 Å². The molecule has 0 aromatic carbocycles. The Kier molecular flexibility index (Phi) is 66.1. The van der Waals surface area contributed by atoms with Crippen LogP contribution in [0.4, 0.5) is 0 Å². The van der Waals surface area contributed by atoms with E-state index in [-0.39, 0.29) is 31.1 Å². The summed E-state index contributed by atoms with van der Waals surface area (Å²) < 4.78 is 17.0. The zero-order valence-corrected chi connectivity index (χ0v) is 53.6. The Hall–Kier alpha value is -2.89. The Morgan fingerprint density at radius 1 is 0.263 bits per heavy atom. The molecule has 0 radical (unpaired) electrons. The molecule has 0 aliphatic heterocycles. The van der Waals surface area contributed by atoms with Gasteiger partial charge in [-0.15, -0.1) is 0 Å². The number of carbonyl (C=O) groups is 3. The maximum Gasteiger partial charge on any atom is 0.306 e. The molecule has 80 heavy (non-hydrogen) atoms. The quantitative estimate of drug-likeness (QED) is 0.0261. The SMILES string of the molecule is CC/C=C\C/C=C\C/C=C\C/C=C\C/C=C\CCCCCCCCCC(=O)OCC(COC(=O)CCCCCCCCCCCCCCCCCC)OC(=O)CCCCCCCCCCCCCCCCCCCCCCCCC. The first-order chi connectivity index (χ1) is 39.5. The van der Waals surface area contributed by atoms with Crippen LogP contribution in [-0.4, -0.2) is 37.2 Å². The molecule has 1 atom stereocenters. The molecule has 0 saturated heterocycles. The zero-order chi connectivity index (χ0) is 57.8. The highest BCUT2D eigenvalue weighted by molar-refractivity contribution is 5.71. The minimum Gasteiger partial charge on any atom is -0.462 e. The number of carbonyl (C=O) groups excluding carboxylic acids is 3. The lowest BCUT2D eigenvalue weighted by atomic mass is 10.0. The Balaban J connectivity index is 4.33. The monoisotopic (exact) mass is 1120 g/mol. The van der Waals surface area contributed by atoms with E-state index < -0.39 is 6.10 Å². The minimum absolute atomic E-state index is 0.0722. The number of allylic oxidation sites excluding steroid dienone is 10. The predicted molar refractivity (Wildman–Crippen MR) is 348 cm³/mol. The first kappa shape index (κ1) is 77.1. The summed E-state index contributed by atoms with van der Waals surface area (Å²) >= 11 is 0. The number of unbranched alkanes of at least 4 members (excludes halogenated alkanes) is 44. The van der Waals surface area contributed by atoms with Crippen LogP contribution in [0.2, 0.25) is 0 Å². The minimum atomic E-state index is -0.777. The second-order valence-electron chi connectivity index (χ2n) is 23.8. The van der Waals surface area contributed by atoms with E-state index in [1.54, 1.807) is 0 Å². The van der Waals surface area contributed by atoms with Crippen molar-refractivity contribution < 1.29 is 28.6 Å². The molecule has 0 aromatic heterocycles. The van der Waals surface area contributed by atoms with Crippen molar-refractivity contribution in [2.45, 2.75) is 380 Å². The van der Waals surface area contributed by atoms with E-state index >= 15 is 0 Å². The van der Waals surface area contributed by atoms with Crippen LogP contribution in [0, 0.1) is 0 Å². The fourth-order valence-corrected chi connectivity index (χ4v) is 10.5. The Morgan fingerprint density at radius 2 is 0.487 bits per heavy atom. The van der Waals surface area contributed by atoms with Crippen molar-refractivity contribution in [1.29, 1.82) is 0 Å². The molecule has 0 N–H and O–H groups in total. The van der Waals surface area contributed by atoms with Gasteiger partial charge in [-0.05, 0) is 64.2 Å². The summed E-state index contributed by atoms with van der Waals surface area (Å²) in [5.41, 5.74) is 0. The zero-order valence-electron chi connectivity index (χ0n) is 53.6. The topological polar surface area (TPSA) is 78.9 Å². The predicted octanol–water partition coefficient (Wildman–Crippen LogP) is 24.3. The van der Waals surface area contributed by atoms with Gasteiger partial charge in [0.2, 0.25) is 0 Å². The van der Waals surface area contributed by atoms with Crippen LogP contribution >= 0.6 is 0 Å². The van der Waals surface area contributed by atoms with Crippen LogP contribution in [0.1, 0.15) is 374 Å². The summed E-state index contributed by atoms with van der Waals surface area (Å²) in [4.78, 5) is 38.5. The van der Waals surface area contributed by atoms with Gasteiger partial charge in [-0.1, -0.05) is 351 Å². The third-order valence-corrected chi connectivity index (χ3v) is 15.8. The maximum absolute atomic E-state index is 13.0. The molecule has 0 aliphatic carbocycles. The van der Waals surface area contributed by atoms with Crippen LogP contribution in [0.25, 0.3) is 0 Å². The fourth-order valence-electron chi connectivity index (χ4n) is 10.5. The van der Waals surface area contributed by atoms with Crippen molar-refractivity contribution >= 4 is 17.9 Å². The molecule has 0 rings (SSSR count). The third-order valence-electron chi connectivity index (χ3n) is 15.8. The molecule has 0 amide bonds. The van der Waals surface area contributed by atoms with Gasteiger partial charge in [0.15, 0.2) is 6.10 Å². The first-order valence-corrected chi connectivity index (χ1v) is 35.3. The van der Waals surface area contributed by atoms with Gasteiger partial charge < -0.3 is 14.2 Å². The Labute approximate surface area is 498 Å². The average Bonchev–Trinajstić information content (AvgIpc) is 3.46. The van der Waals surface area contributed by atoms with Gasteiger partial charge in [-0.2, -0.15) is 0 Å². The smallest absolute Gasteiger partial charge is 0.306 e. The lowest BCUT2D eigenvalue weighted by molar-refractivity contribution is -0.167. The number of rotatable bonds is 65. The molecule has 0 fully saturated rings. The van der Waals surface area contributed by atoms with Gasteiger partial charge in [0, 0.05) is 19.3 Å². The molecule has 0 aromatic rings. The molecule has 6 heteroatoms. The van der Waals surface area contributed by atoms with Crippen molar-refractivity contribution in [3.8, 4) is 0 Å². The van der Waals surface area contributed by atoms with Gasteiger partial charge >= 0.3 is 17.9 Å². The highest BCUT2D eigenvalue weighted by Gasteiger charge is 2.19. The maximum atomic E-state index is 13.0. The first-order valence-electron chi connectivity index (χ1n) is 35.3. The molecule has 0 bridgehead atoms. The normalized spacial score (nSPS) is 12.4. The molecule has 0 spiro atoms. The third kappa shape index (κ3) is 65.9. The Bertz CT molecular complexity index is 1430. The molecular formula is C74H134O6. The summed E-state index contributed by atoms with van der Waals surface area (Å²) in [6.07, 6.45) is 88.1. The molecule has 466 valence electrons. The van der Waals surface area contributed by atoms with Crippen molar-refractivity contribution in [1.82, 2.24) is 0 Å². The van der Waals surface area contributed by atoms with E-state index in [0.29, 0.717) is 19.3 Å². The van der Waals surface area contributed by atoms with Crippen molar-refractivity contribution in [2.75, 3.05) is 13.2 Å². The van der Waals surface area contributed by atoms with Crippen LogP contribution in [0.5, 0.6) is 0 Å². The Morgan fingerprint density at radius 3 is 0.762 bits per heavy atom. The van der Waals surface area contributed by atoms with Gasteiger partial charge in [0.05, 0.1) is 0 Å². The van der Waals surface area contributed by atoms with E-state index in [2.05, 4.69) is 81.5 Å². The van der Waals surface area contributed by atoms with Crippen LogP contribution in [0.3, 0.4) is 0 Å². The standard InChI is InChI=1S/C74H134O6/c1-4-7-10-13-16-19-22-25-28-31-33-35-37-39-41-43-46-49-52-55-58-61-64-67-73(76)79-70-71(69-78-72(75)66-63-60-57-54-51-48-45-30-27-24-21-18-15-12-9-6-3)80-74(77)68-65-62-59-56-53-50-47-44-42-40-38-36-34-32-29-26-23-20-17-14-11-8-5-2/h7,10,16,19,25,28,33,35,39,41,71H,4-6,8-9,11-15,17-18,20-24,26-27,29-32,34,36-38,40,42-70H2,1-3H3/b10-7-,19-16-,28-25-,35-33-,41-39-. The second-order valence-corrected chi connectivity index (χ2v) is 23.8. The lowest BCUT2D eigenvalue weighted by Crippen LogP contribution is -2.30. The van der Waals surface area contributed by atoms with E-state index in [1.165, 1.54) is 238 Å². The van der Waals surface area contributed by atoms with Gasteiger partial charge in [0.1, 0.15) is 13.2 Å². The molecule has 0 saturated carbocycles. The highest BCUT2D eigenvalue weighted by atomic mass is 16.6. The summed E-state index contributed by atoms with van der Waals surface area (Å²) in [5.74, 6) is -0.856. The largest absolute Gasteiger partial charge is 0.462 e. The van der Waals surface area contributed by atoms with E-state index in [0.717, 1.165) is 96.3 Å². The van der Waals surface area contributed by atoms with Crippen molar-refractivity contribution in [2.24, 2.45) is 0 Å². The van der Waals surface area contributed by atoms with Gasteiger partial charge in [0.25, 0.3) is 0 Å². The number of ether oxygens (including phenoxy) is 3. The van der Waals surface area contributed by atoms with Crippen molar-refractivity contribution in [3.05, 3.63) is 60.8 Å². The molecular weight excluding hydrogens is 985 g/mol. The van der Waals surface area contributed by atoms with E-state index in [4.69, 9.17) is 14.2 Å². The summed E-state index contributed by atoms with van der Waals surface area (Å²) in [5, 5.41) is 0. The summed E-state index contributed by atoms with van der Waals surface area (Å²) in [6, 6.07) is 0. The number of hydrogen-bond donors (Lipinski definition) is 0. The van der Waals surface area contributed by atoms with Gasteiger partial charge in [-0.3, -0.25) is 14.4 Å². The molecule has 6 nitrogen and oxygen atoms in total. The second kappa shape index (κ2) is 68.6. The van der Waals surface area contributed by atoms with E-state index in [9.17, 15) is 14.4 Å². The average molecular weight is 1120 g/mol. The summed E-state index contributed by atoms with van der Waals surface area (Å²) in [6.45, 7) is 6.59. The molecule has 0 aliphatic rings. The van der Waals surface area contributed by atoms with Crippen LogP contribution < -0.4 is 0 Å². The molecule has 1 unspecified atom stereocenters. The molecule has 0 heterocycles. The lowest BCUT2D eigenvalue weighted by Gasteiger charge is -2.18. The summed E-state index contributed by atoms with van der Waals surface area (Å²) in [7, 11) is 0.